The fraction of sp³-hybridized carbons (Fsp3) is 0.933. The number of quaternary nitrogens is 1. The van der Waals surface area contributed by atoms with Crippen molar-refractivity contribution in [2.45, 2.75) is 231 Å². The van der Waals surface area contributed by atoms with Crippen molar-refractivity contribution in [1.82, 2.24) is 5.32 Å². The number of aliphatic hydroxyl groups excluding tert-OH is 1. The zero-order valence-electron chi connectivity index (χ0n) is 36.5. The standard InChI is InChI=1S/C45H91N2O6P/c1-6-8-10-12-14-16-18-20-22-23-25-26-28-30-32-34-36-38-44(48)43(42-53-54(50,51)52-41-40-47(3,4)5)46-45(49)39-37-35-33-31-29-27-24-21-19-17-15-13-11-9-7-2/h36,38,43-44,48H,6-35,37,39-42H2,1-5H3,(H-,46,49,50,51)/p+1/b38-36+. The van der Waals surface area contributed by atoms with Crippen molar-refractivity contribution in [1.29, 1.82) is 0 Å². The monoisotopic (exact) mass is 788 g/mol. The van der Waals surface area contributed by atoms with E-state index >= 15 is 0 Å². The quantitative estimate of drug-likeness (QED) is 0.0246. The highest BCUT2D eigenvalue weighted by Crippen LogP contribution is 2.43. The number of carbonyl (C=O) groups is 1. The third-order valence-corrected chi connectivity index (χ3v) is 11.5. The second-order valence-electron chi connectivity index (χ2n) is 17.1. The number of nitrogens with one attached hydrogen (secondary N) is 1. The molecule has 0 radical (unpaired) electrons. The molecular weight excluding hydrogens is 695 g/mol. The maximum absolute atomic E-state index is 12.9. The molecule has 1 amide bonds. The van der Waals surface area contributed by atoms with Gasteiger partial charge in [-0.2, -0.15) is 0 Å². The number of nitrogens with zero attached hydrogens (tertiary/aromatic N) is 1. The molecule has 3 atom stereocenters. The molecule has 0 aliphatic rings. The molecule has 0 aliphatic heterocycles. The van der Waals surface area contributed by atoms with Crippen LogP contribution < -0.4 is 5.32 Å². The number of hydrogen-bond acceptors (Lipinski definition) is 5. The van der Waals surface area contributed by atoms with Crippen molar-refractivity contribution in [2.24, 2.45) is 0 Å². The van der Waals surface area contributed by atoms with Crippen LogP contribution in [-0.2, 0) is 18.4 Å². The van der Waals surface area contributed by atoms with Crippen molar-refractivity contribution >= 4 is 13.7 Å². The molecule has 0 saturated heterocycles. The van der Waals surface area contributed by atoms with Gasteiger partial charge in [-0.05, 0) is 19.3 Å². The van der Waals surface area contributed by atoms with Crippen LogP contribution in [0.5, 0.6) is 0 Å². The molecule has 0 spiro atoms. The first kappa shape index (κ1) is 53.2. The Morgan fingerprint density at radius 1 is 0.611 bits per heavy atom. The van der Waals surface area contributed by atoms with Crippen LogP contribution in [-0.4, -0.2) is 73.4 Å². The van der Waals surface area contributed by atoms with Crippen LogP contribution in [0.4, 0.5) is 0 Å². The Labute approximate surface area is 335 Å². The molecule has 322 valence electrons. The summed E-state index contributed by atoms with van der Waals surface area (Å²) in [6.45, 7) is 4.83. The molecule has 0 heterocycles. The number of carbonyl (C=O) groups excluding carboxylic acids is 1. The van der Waals surface area contributed by atoms with E-state index in [1.807, 2.05) is 27.2 Å². The summed E-state index contributed by atoms with van der Waals surface area (Å²) in [5, 5.41) is 13.8. The van der Waals surface area contributed by atoms with Gasteiger partial charge in [0.15, 0.2) is 0 Å². The number of amides is 1. The molecule has 9 heteroatoms. The number of phosphoric ester groups is 1. The normalized spacial score (nSPS) is 14.4. The Morgan fingerprint density at radius 2 is 0.981 bits per heavy atom. The SMILES string of the molecule is CCCCCCCCCCCCCCCCC/C=C/C(O)C(COP(=O)(O)OCC[N+](C)(C)C)NC(=O)CCCCCCCCCCCCCCCCC. The number of aliphatic hydroxyl groups is 1. The zero-order valence-corrected chi connectivity index (χ0v) is 37.4. The van der Waals surface area contributed by atoms with Crippen LogP contribution in [0.3, 0.4) is 0 Å². The first-order valence-electron chi connectivity index (χ1n) is 23.1. The summed E-state index contributed by atoms with van der Waals surface area (Å²) in [6, 6.07) is -0.839. The summed E-state index contributed by atoms with van der Waals surface area (Å²) in [6.07, 6.45) is 42.7. The van der Waals surface area contributed by atoms with E-state index < -0.39 is 20.0 Å². The zero-order chi connectivity index (χ0) is 40.0. The van der Waals surface area contributed by atoms with Gasteiger partial charge in [-0.1, -0.05) is 206 Å². The van der Waals surface area contributed by atoms with Gasteiger partial charge in [-0.15, -0.1) is 0 Å². The summed E-state index contributed by atoms with van der Waals surface area (Å²) >= 11 is 0. The maximum Gasteiger partial charge on any atom is 0.472 e. The van der Waals surface area contributed by atoms with E-state index in [1.54, 1.807) is 6.08 Å². The fourth-order valence-electron chi connectivity index (χ4n) is 6.81. The number of rotatable bonds is 42. The van der Waals surface area contributed by atoms with Crippen molar-refractivity contribution in [3.63, 3.8) is 0 Å². The van der Waals surface area contributed by atoms with E-state index in [2.05, 4.69) is 19.2 Å². The largest absolute Gasteiger partial charge is 0.472 e. The summed E-state index contributed by atoms with van der Waals surface area (Å²) in [5.41, 5.74) is 0. The number of allylic oxidation sites excluding steroid dienone is 1. The summed E-state index contributed by atoms with van der Waals surface area (Å²) in [4.78, 5) is 23.1. The first-order chi connectivity index (χ1) is 26.0. The predicted molar refractivity (Wildman–Crippen MR) is 231 cm³/mol. The number of unbranched alkanes of at least 4 members (excludes halogenated alkanes) is 29. The van der Waals surface area contributed by atoms with Gasteiger partial charge in [0.2, 0.25) is 5.91 Å². The minimum Gasteiger partial charge on any atom is -0.387 e. The van der Waals surface area contributed by atoms with Crippen LogP contribution in [0.15, 0.2) is 12.2 Å². The van der Waals surface area contributed by atoms with E-state index in [0.717, 1.165) is 32.1 Å². The molecular formula is C45H92N2O6P+. The Balaban J connectivity index is 4.38. The lowest BCUT2D eigenvalue weighted by molar-refractivity contribution is -0.870. The number of hydrogen-bond donors (Lipinski definition) is 3. The van der Waals surface area contributed by atoms with E-state index in [-0.39, 0.29) is 19.1 Å². The van der Waals surface area contributed by atoms with Gasteiger partial charge >= 0.3 is 7.82 Å². The smallest absolute Gasteiger partial charge is 0.387 e. The molecule has 0 aromatic carbocycles. The van der Waals surface area contributed by atoms with Crippen molar-refractivity contribution in [2.75, 3.05) is 40.9 Å². The first-order valence-corrected chi connectivity index (χ1v) is 24.6. The molecule has 3 unspecified atom stereocenters. The third kappa shape index (κ3) is 39.5. The molecule has 3 N–H and O–H groups in total. The van der Waals surface area contributed by atoms with Crippen molar-refractivity contribution in [3.05, 3.63) is 12.2 Å². The van der Waals surface area contributed by atoms with Gasteiger partial charge < -0.3 is 19.8 Å². The highest BCUT2D eigenvalue weighted by atomic mass is 31.2. The highest BCUT2D eigenvalue weighted by molar-refractivity contribution is 7.47. The van der Waals surface area contributed by atoms with Gasteiger partial charge in [0, 0.05) is 6.42 Å². The van der Waals surface area contributed by atoms with Crippen molar-refractivity contribution in [3.8, 4) is 0 Å². The van der Waals surface area contributed by atoms with E-state index in [1.165, 1.54) is 167 Å². The van der Waals surface area contributed by atoms with Crippen LogP contribution in [0.25, 0.3) is 0 Å². The average molecular weight is 788 g/mol. The van der Waals surface area contributed by atoms with Crippen LogP contribution in [0.2, 0.25) is 0 Å². The van der Waals surface area contributed by atoms with Crippen LogP contribution >= 0.6 is 7.82 Å². The molecule has 0 aromatic heterocycles. The summed E-state index contributed by atoms with van der Waals surface area (Å²) in [7, 11) is 1.58. The minimum absolute atomic E-state index is 0.0647. The lowest BCUT2D eigenvalue weighted by Crippen LogP contribution is -2.45. The Morgan fingerprint density at radius 3 is 1.37 bits per heavy atom. The minimum atomic E-state index is -4.33. The molecule has 0 bridgehead atoms. The average Bonchev–Trinajstić information content (AvgIpc) is 3.12. The Hall–Kier alpha value is -0.760. The molecule has 8 nitrogen and oxygen atoms in total. The molecule has 0 saturated carbocycles. The van der Waals surface area contributed by atoms with E-state index in [4.69, 9.17) is 9.05 Å². The van der Waals surface area contributed by atoms with E-state index in [0.29, 0.717) is 17.4 Å². The fourth-order valence-corrected chi connectivity index (χ4v) is 7.54. The lowest BCUT2D eigenvalue weighted by Gasteiger charge is -2.25. The predicted octanol–water partition coefficient (Wildman–Crippen LogP) is 12.8. The number of phosphoric acid groups is 1. The van der Waals surface area contributed by atoms with Gasteiger partial charge in [0.05, 0.1) is 39.9 Å². The van der Waals surface area contributed by atoms with Gasteiger partial charge in [-0.25, -0.2) is 4.57 Å². The maximum atomic E-state index is 12.9. The molecule has 0 fully saturated rings. The van der Waals surface area contributed by atoms with E-state index in [9.17, 15) is 19.4 Å². The molecule has 0 rings (SSSR count). The highest BCUT2D eigenvalue weighted by Gasteiger charge is 2.27. The molecule has 0 aromatic rings. The topological polar surface area (TPSA) is 105 Å². The van der Waals surface area contributed by atoms with Crippen molar-refractivity contribution < 1.29 is 32.9 Å². The second-order valence-corrected chi connectivity index (χ2v) is 18.6. The number of likely N-dealkylation sites (N-methyl/N-ethyl adjacent to an activating group) is 1. The molecule has 54 heavy (non-hydrogen) atoms. The van der Waals surface area contributed by atoms with Crippen LogP contribution in [0.1, 0.15) is 219 Å². The Kier molecular flexibility index (Phi) is 37.3. The van der Waals surface area contributed by atoms with Gasteiger partial charge in [0.25, 0.3) is 0 Å². The molecule has 0 aliphatic carbocycles. The lowest BCUT2D eigenvalue weighted by atomic mass is 10.0. The van der Waals surface area contributed by atoms with Gasteiger partial charge in [0.1, 0.15) is 13.2 Å². The summed E-state index contributed by atoms with van der Waals surface area (Å²) < 4.78 is 23.6. The second kappa shape index (κ2) is 37.8. The third-order valence-electron chi connectivity index (χ3n) is 10.5. The van der Waals surface area contributed by atoms with Crippen LogP contribution in [0, 0.1) is 0 Å². The Bertz CT molecular complexity index is 896. The summed E-state index contributed by atoms with van der Waals surface area (Å²) in [5.74, 6) is -0.174. The van der Waals surface area contributed by atoms with Gasteiger partial charge in [-0.3, -0.25) is 13.8 Å².